The Bertz CT molecular complexity index is 627. The normalized spacial score (nSPS) is 19.8. The molecule has 1 saturated heterocycles. The molecule has 1 aliphatic heterocycles. The van der Waals surface area contributed by atoms with Crippen molar-refractivity contribution in [2.45, 2.75) is 24.9 Å². The summed E-state index contributed by atoms with van der Waals surface area (Å²) in [5.74, 6) is 0.556. The Labute approximate surface area is 146 Å². The summed E-state index contributed by atoms with van der Waals surface area (Å²) in [6.07, 6.45) is 2.05. The first-order valence-corrected chi connectivity index (χ1v) is 8.38. The molecule has 8 heteroatoms. The molecule has 25 heavy (non-hydrogen) atoms. The number of ether oxygens (including phenoxy) is 3. The van der Waals surface area contributed by atoms with Gasteiger partial charge in [-0.3, -0.25) is 9.59 Å². The van der Waals surface area contributed by atoms with Crippen LogP contribution in [0.3, 0.4) is 0 Å². The van der Waals surface area contributed by atoms with Crippen LogP contribution >= 0.6 is 0 Å². The Morgan fingerprint density at radius 3 is 2.84 bits per heavy atom. The molecular formula is C17H23N3O5. The zero-order valence-electron chi connectivity index (χ0n) is 14.2. The molecule has 1 saturated carbocycles. The van der Waals surface area contributed by atoms with E-state index in [0.29, 0.717) is 36.9 Å². The highest BCUT2D eigenvalue weighted by Gasteiger charge is 2.24. The van der Waals surface area contributed by atoms with Gasteiger partial charge < -0.3 is 30.2 Å². The lowest BCUT2D eigenvalue weighted by Gasteiger charge is -2.23. The van der Waals surface area contributed by atoms with Gasteiger partial charge in [0, 0.05) is 24.3 Å². The van der Waals surface area contributed by atoms with Gasteiger partial charge >= 0.3 is 0 Å². The fourth-order valence-electron chi connectivity index (χ4n) is 2.47. The summed E-state index contributed by atoms with van der Waals surface area (Å²) in [5, 5.41) is 8.76. The van der Waals surface area contributed by atoms with Crippen molar-refractivity contribution in [2.75, 3.05) is 38.8 Å². The van der Waals surface area contributed by atoms with Crippen molar-refractivity contribution in [3.8, 4) is 11.5 Å². The number of hydrogen-bond donors (Lipinski definition) is 3. The zero-order valence-corrected chi connectivity index (χ0v) is 14.2. The molecule has 1 aromatic carbocycles. The Hall–Kier alpha value is -2.32. The van der Waals surface area contributed by atoms with Gasteiger partial charge in [0.25, 0.3) is 5.91 Å². The molecular weight excluding hydrogens is 326 g/mol. The van der Waals surface area contributed by atoms with Crippen molar-refractivity contribution in [3.63, 3.8) is 0 Å². The second kappa shape index (κ2) is 8.17. The molecule has 1 unspecified atom stereocenters. The Morgan fingerprint density at radius 1 is 1.32 bits per heavy atom. The Morgan fingerprint density at radius 2 is 2.16 bits per heavy atom. The number of rotatable bonds is 7. The molecule has 0 aromatic heterocycles. The summed E-state index contributed by atoms with van der Waals surface area (Å²) < 4.78 is 16.1. The summed E-state index contributed by atoms with van der Waals surface area (Å²) in [4.78, 5) is 24.0. The number of amides is 2. The van der Waals surface area contributed by atoms with Gasteiger partial charge in [0.1, 0.15) is 6.04 Å². The van der Waals surface area contributed by atoms with E-state index < -0.39 is 0 Å². The molecule has 1 heterocycles. The average molecular weight is 349 g/mol. The van der Waals surface area contributed by atoms with Gasteiger partial charge in [0.15, 0.2) is 18.1 Å². The maximum Gasteiger partial charge on any atom is 0.258 e. The number of morpholine rings is 1. The minimum atomic E-state index is -0.385. The molecule has 3 rings (SSSR count). The topological polar surface area (TPSA) is 97.9 Å². The highest BCUT2D eigenvalue weighted by molar-refractivity contribution is 5.95. The summed E-state index contributed by atoms with van der Waals surface area (Å²) in [7, 11) is 1.52. The van der Waals surface area contributed by atoms with Crippen LogP contribution in [0.15, 0.2) is 18.2 Å². The number of nitrogens with one attached hydrogen (secondary N) is 3. The van der Waals surface area contributed by atoms with Gasteiger partial charge in [-0.05, 0) is 25.0 Å². The molecule has 0 bridgehead atoms. The molecule has 1 atom stereocenters. The maximum atomic E-state index is 12.2. The van der Waals surface area contributed by atoms with Crippen LogP contribution in [0, 0.1) is 0 Å². The van der Waals surface area contributed by atoms with E-state index in [1.165, 1.54) is 7.11 Å². The third kappa shape index (κ3) is 5.07. The van der Waals surface area contributed by atoms with Crippen molar-refractivity contribution < 1.29 is 23.8 Å². The van der Waals surface area contributed by atoms with Gasteiger partial charge in [0.2, 0.25) is 5.91 Å². The first kappa shape index (κ1) is 17.5. The molecule has 2 amide bonds. The molecule has 3 N–H and O–H groups in total. The van der Waals surface area contributed by atoms with Gasteiger partial charge in [-0.2, -0.15) is 0 Å². The third-order valence-corrected chi connectivity index (χ3v) is 3.97. The van der Waals surface area contributed by atoms with Crippen LogP contribution in [-0.4, -0.2) is 57.4 Å². The number of anilines is 1. The molecule has 0 spiro atoms. The summed E-state index contributed by atoms with van der Waals surface area (Å²) in [6, 6.07) is 4.95. The van der Waals surface area contributed by atoms with Crippen molar-refractivity contribution in [2.24, 2.45) is 0 Å². The van der Waals surface area contributed by atoms with E-state index in [2.05, 4.69) is 16.0 Å². The Balaban J connectivity index is 1.59. The van der Waals surface area contributed by atoms with Crippen molar-refractivity contribution >= 4 is 17.5 Å². The smallest absolute Gasteiger partial charge is 0.258 e. The van der Waals surface area contributed by atoms with Crippen LogP contribution in [0.2, 0.25) is 0 Å². The van der Waals surface area contributed by atoms with Crippen molar-refractivity contribution in [3.05, 3.63) is 18.2 Å². The third-order valence-electron chi connectivity index (χ3n) is 3.97. The first-order chi connectivity index (χ1) is 12.2. The molecule has 1 aromatic rings. The fraction of sp³-hybridized carbons (Fsp3) is 0.529. The molecule has 0 radical (unpaired) electrons. The first-order valence-electron chi connectivity index (χ1n) is 8.38. The number of carbonyl (C=O) groups is 2. The average Bonchev–Trinajstić information content (AvgIpc) is 3.45. The van der Waals surface area contributed by atoms with Gasteiger partial charge in [0.05, 0.1) is 20.3 Å². The Kier molecular flexibility index (Phi) is 5.72. The molecule has 1 aliphatic carbocycles. The number of benzene rings is 1. The highest BCUT2D eigenvalue weighted by atomic mass is 16.5. The largest absolute Gasteiger partial charge is 0.493 e. The van der Waals surface area contributed by atoms with E-state index in [4.69, 9.17) is 14.2 Å². The van der Waals surface area contributed by atoms with E-state index in [1.54, 1.807) is 18.2 Å². The van der Waals surface area contributed by atoms with E-state index in [-0.39, 0.29) is 30.5 Å². The quantitative estimate of drug-likeness (QED) is 0.654. The maximum absolute atomic E-state index is 12.2. The van der Waals surface area contributed by atoms with E-state index in [1.807, 2.05) is 0 Å². The SMILES string of the molecule is COc1ccc(NC(=O)C2COCCN2)cc1OCC(=O)NC1CC1. The number of hydrogen-bond acceptors (Lipinski definition) is 6. The monoisotopic (exact) mass is 349 g/mol. The number of carbonyl (C=O) groups excluding carboxylic acids is 2. The van der Waals surface area contributed by atoms with Crippen LogP contribution in [0.4, 0.5) is 5.69 Å². The second-order valence-electron chi connectivity index (χ2n) is 6.07. The summed E-state index contributed by atoms with van der Waals surface area (Å²) >= 11 is 0. The lowest BCUT2D eigenvalue weighted by atomic mass is 10.2. The van der Waals surface area contributed by atoms with Gasteiger partial charge in [-0.15, -0.1) is 0 Å². The van der Waals surface area contributed by atoms with Crippen LogP contribution in [0.5, 0.6) is 11.5 Å². The van der Waals surface area contributed by atoms with E-state index in [9.17, 15) is 9.59 Å². The van der Waals surface area contributed by atoms with Crippen LogP contribution in [0.1, 0.15) is 12.8 Å². The minimum Gasteiger partial charge on any atom is -0.493 e. The lowest BCUT2D eigenvalue weighted by molar-refractivity contribution is -0.123. The van der Waals surface area contributed by atoms with Crippen LogP contribution < -0.4 is 25.4 Å². The van der Waals surface area contributed by atoms with E-state index >= 15 is 0 Å². The number of methoxy groups -OCH3 is 1. The molecule has 136 valence electrons. The predicted molar refractivity (Wildman–Crippen MR) is 90.9 cm³/mol. The van der Waals surface area contributed by atoms with Crippen molar-refractivity contribution in [1.82, 2.24) is 10.6 Å². The van der Waals surface area contributed by atoms with Gasteiger partial charge in [-0.25, -0.2) is 0 Å². The summed E-state index contributed by atoms with van der Waals surface area (Å²) in [6.45, 7) is 1.49. The molecule has 8 nitrogen and oxygen atoms in total. The zero-order chi connectivity index (χ0) is 17.6. The van der Waals surface area contributed by atoms with Gasteiger partial charge in [-0.1, -0.05) is 0 Å². The molecule has 2 fully saturated rings. The second-order valence-corrected chi connectivity index (χ2v) is 6.07. The van der Waals surface area contributed by atoms with Crippen LogP contribution in [-0.2, 0) is 14.3 Å². The van der Waals surface area contributed by atoms with E-state index in [0.717, 1.165) is 12.8 Å². The fourth-order valence-corrected chi connectivity index (χ4v) is 2.47. The van der Waals surface area contributed by atoms with Crippen molar-refractivity contribution in [1.29, 1.82) is 0 Å². The predicted octanol–water partition coefficient (Wildman–Crippen LogP) is 0.279. The minimum absolute atomic E-state index is 0.0950. The van der Waals surface area contributed by atoms with Crippen LogP contribution in [0.25, 0.3) is 0 Å². The highest BCUT2D eigenvalue weighted by Crippen LogP contribution is 2.30. The lowest BCUT2D eigenvalue weighted by Crippen LogP contribution is -2.48. The molecule has 2 aliphatic rings. The summed E-state index contributed by atoms with van der Waals surface area (Å²) in [5.41, 5.74) is 0.566. The standard InChI is InChI=1S/C17H23N3O5/c1-23-14-5-4-12(20-17(22)13-9-24-7-6-18-13)8-15(14)25-10-16(21)19-11-2-3-11/h4-5,8,11,13,18H,2-3,6-7,9-10H2,1H3,(H,19,21)(H,20,22).